The second-order valence-electron chi connectivity index (χ2n) is 4.36. The third kappa shape index (κ3) is 7.28. The van der Waals surface area contributed by atoms with Crippen LogP contribution in [0, 0.1) is 0 Å². The summed E-state index contributed by atoms with van der Waals surface area (Å²) in [5, 5.41) is 13.8. The Balaban J connectivity index is 2.29. The van der Waals surface area contributed by atoms with Gasteiger partial charge in [0.2, 0.25) is 0 Å². The van der Waals surface area contributed by atoms with Crippen LogP contribution in [0.1, 0.15) is 22.3 Å². The predicted octanol–water partition coefficient (Wildman–Crippen LogP) is -0.0163. The molecule has 0 saturated heterocycles. The molecule has 0 aromatic heterocycles. The summed E-state index contributed by atoms with van der Waals surface area (Å²) in [5.74, 6) is -0.161. The number of aliphatic hydroxyl groups is 1. The van der Waals surface area contributed by atoms with E-state index in [2.05, 4.69) is 10.6 Å². The Morgan fingerprint density at radius 2 is 1.86 bits per heavy atom. The number of hydrogen-bond donors (Lipinski definition) is 4. The van der Waals surface area contributed by atoms with E-state index < -0.39 is 6.03 Å². The molecule has 0 aliphatic heterocycles. The second kappa shape index (κ2) is 9.73. The summed E-state index contributed by atoms with van der Waals surface area (Å²) in [6, 6.07) is 6.32. The molecule has 0 atom stereocenters. The smallest absolute Gasteiger partial charge is 0.312 e. The lowest BCUT2D eigenvalue weighted by Crippen LogP contribution is -2.28. The van der Waals surface area contributed by atoms with Crippen LogP contribution >= 0.6 is 0 Å². The number of nitrogens with two attached hydrogens (primary N) is 1. The van der Waals surface area contributed by atoms with Crippen LogP contribution in [0.25, 0.3) is 0 Å². The molecule has 3 amide bonds. The lowest BCUT2D eigenvalue weighted by atomic mass is 10.1. The maximum atomic E-state index is 11.8. The fourth-order valence-electron chi connectivity index (χ4n) is 1.61. The van der Waals surface area contributed by atoms with E-state index in [1.165, 1.54) is 0 Å². The van der Waals surface area contributed by atoms with Gasteiger partial charge < -0.3 is 26.2 Å². The van der Waals surface area contributed by atoms with Crippen molar-refractivity contribution in [2.75, 3.05) is 26.4 Å². The third-order valence-corrected chi connectivity index (χ3v) is 2.67. The maximum Gasteiger partial charge on any atom is 0.312 e. The fourth-order valence-corrected chi connectivity index (χ4v) is 1.61. The molecular formula is C14H21N3O4. The first-order valence-electron chi connectivity index (χ1n) is 6.72. The van der Waals surface area contributed by atoms with Crippen LogP contribution in [0.3, 0.4) is 0 Å². The highest BCUT2D eigenvalue weighted by Crippen LogP contribution is 2.04. The zero-order valence-electron chi connectivity index (χ0n) is 11.8. The zero-order valence-corrected chi connectivity index (χ0v) is 11.8. The Hall–Kier alpha value is -2.12. The minimum atomic E-state index is -0.583. The number of benzene rings is 1. The Morgan fingerprint density at radius 1 is 1.14 bits per heavy atom. The normalized spacial score (nSPS) is 10.1. The van der Waals surface area contributed by atoms with Gasteiger partial charge in [0.1, 0.15) is 0 Å². The van der Waals surface area contributed by atoms with Gasteiger partial charge in [-0.1, -0.05) is 12.1 Å². The molecule has 0 unspecified atom stereocenters. The van der Waals surface area contributed by atoms with Gasteiger partial charge in [-0.15, -0.1) is 0 Å². The Morgan fingerprint density at radius 3 is 2.48 bits per heavy atom. The van der Waals surface area contributed by atoms with Crippen molar-refractivity contribution in [3.63, 3.8) is 0 Å². The molecule has 0 aliphatic rings. The average molecular weight is 295 g/mol. The van der Waals surface area contributed by atoms with Crippen LogP contribution in [-0.2, 0) is 11.3 Å². The quantitative estimate of drug-likeness (QED) is 0.479. The molecule has 0 spiro atoms. The van der Waals surface area contributed by atoms with Crippen molar-refractivity contribution in [3.05, 3.63) is 35.4 Å². The summed E-state index contributed by atoms with van der Waals surface area (Å²) in [6.45, 7) is 1.66. The van der Waals surface area contributed by atoms with Crippen molar-refractivity contribution in [2.24, 2.45) is 5.73 Å². The van der Waals surface area contributed by atoms with Crippen molar-refractivity contribution in [2.45, 2.75) is 13.0 Å². The summed E-state index contributed by atoms with van der Waals surface area (Å²) in [6.07, 6.45) is 0.687. The van der Waals surface area contributed by atoms with Crippen molar-refractivity contribution in [1.29, 1.82) is 0 Å². The van der Waals surface area contributed by atoms with Crippen LogP contribution in [0.15, 0.2) is 24.3 Å². The molecule has 1 aromatic carbocycles. The first-order chi connectivity index (χ1) is 10.1. The molecule has 7 heteroatoms. The van der Waals surface area contributed by atoms with Crippen LogP contribution in [0.4, 0.5) is 4.79 Å². The molecule has 5 N–H and O–H groups in total. The molecule has 0 fully saturated rings. The topological polar surface area (TPSA) is 114 Å². The largest absolute Gasteiger partial charge is 0.394 e. The van der Waals surface area contributed by atoms with Gasteiger partial charge in [0.25, 0.3) is 5.91 Å². The van der Waals surface area contributed by atoms with Crippen LogP contribution < -0.4 is 16.4 Å². The number of rotatable bonds is 9. The van der Waals surface area contributed by atoms with Crippen LogP contribution in [0.2, 0.25) is 0 Å². The number of primary amides is 1. The SMILES string of the molecule is NC(=O)NCc1ccc(C(=O)NCCCOCCO)cc1. The summed E-state index contributed by atoms with van der Waals surface area (Å²) in [5.41, 5.74) is 6.39. The Labute approximate surface area is 123 Å². The van der Waals surface area contributed by atoms with Crippen LogP contribution in [0.5, 0.6) is 0 Å². The minimum Gasteiger partial charge on any atom is -0.394 e. The second-order valence-corrected chi connectivity index (χ2v) is 4.36. The van der Waals surface area contributed by atoms with Crippen molar-refractivity contribution in [3.8, 4) is 0 Å². The molecule has 7 nitrogen and oxygen atoms in total. The van der Waals surface area contributed by atoms with E-state index in [1.807, 2.05) is 0 Å². The average Bonchev–Trinajstić information content (AvgIpc) is 2.49. The molecule has 21 heavy (non-hydrogen) atoms. The Bertz CT molecular complexity index is 448. The van der Waals surface area contributed by atoms with Gasteiger partial charge in [-0.2, -0.15) is 0 Å². The van der Waals surface area contributed by atoms with Crippen molar-refractivity contribution in [1.82, 2.24) is 10.6 Å². The summed E-state index contributed by atoms with van der Waals surface area (Å²) >= 11 is 0. The molecule has 0 heterocycles. The first-order valence-corrected chi connectivity index (χ1v) is 6.72. The van der Waals surface area contributed by atoms with E-state index >= 15 is 0 Å². The van der Waals surface area contributed by atoms with Gasteiger partial charge in [-0.25, -0.2) is 4.79 Å². The molecule has 0 bridgehead atoms. The van der Waals surface area contributed by atoms with Gasteiger partial charge in [0, 0.05) is 25.3 Å². The molecule has 0 saturated carbocycles. The zero-order chi connectivity index (χ0) is 15.5. The van der Waals surface area contributed by atoms with Gasteiger partial charge in [-0.05, 0) is 24.1 Å². The molecule has 116 valence electrons. The Kier molecular flexibility index (Phi) is 7.85. The highest BCUT2D eigenvalue weighted by atomic mass is 16.5. The van der Waals surface area contributed by atoms with Gasteiger partial charge >= 0.3 is 6.03 Å². The number of aliphatic hydroxyl groups excluding tert-OH is 1. The predicted molar refractivity (Wildman–Crippen MR) is 77.7 cm³/mol. The molecular weight excluding hydrogens is 274 g/mol. The van der Waals surface area contributed by atoms with Crippen LogP contribution in [-0.4, -0.2) is 43.4 Å². The minimum absolute atomic E-state index is 0.00329. The van der Waals surface area contributed by atoms with Gasteiger partial charge in [0.15, 0.2) is 0 Å². The van der Waals surface area contributed by atoms with E-state index in [1.54, 1.807) is 24.3 Å². The van der Waals surface area contributed by atoms with Crippen molar-refractivity contribution >= 4 is 11.9 Å². The van der Waals surface area contributed by atoms with E-state index in [9.17, 15) is 9.59 Å². The molecule has 1 rings (SSSR count). The number of nitrogens with one attached hydrogen (secondary N) is 2. The van der Waals surface area contributed by atoms with Crippen molar-refractivity contribution < 1.29 is 19.4 Å². The standard InChI is InChI=1S/C14H21N3O4/c15-14(20)17-10-11-2-4-12(5-3-11)13(19)16-6-1-8-21-9-7-18/h2-5,18H,1,6-10H2,(H,16,19)(H3,15,17,20). The summed E-state index contributed by atoms with van der Waals surface area (Å²) in [4.78, 5) is 22.4. The van der Waals surface area contributed by atoms with Gasteiger partial charge in [0.05, 0.1) is 13.2 Å². The van der Waals surface area contributed by atoms with E-state index in [4.69, 9.17) is 15.6 Å². The number of amides is 3. The summed E-state index contributed by atoms with van der Waals surface area (Å²) < 4.78 is 5.09. The monoisotopic (exact) mass is 295 g/mol. The highest BCUT2D eigenvalue weighted by molar-refractivity contribution is 5.94. The molecule has 1 aromatic rings. The van der Waals surface area contributed by atoms with Gasteiger partial charge in [-0.3, -0.25) is 4.79 Å². The lowest BCUT2D eigenvalue weighted by Gasteiger charge is -2.07. The number of ether oxygens (including phenoxy) is 1. The lowest BCUT2D eigenvalue weighted by molar-refractivity contribution is 0.0867. The number of urea groups is 1. The number of carbonyl (C=O) groups excluding carboxylic acids is 2. The van der Waals surface area contributed by atoms with E-state index in [-0.39, 0.29) is 12.5 Å². The summed E-state index contributed by atoms with van der Waals surface area (Å²) in [7, 11) is 0. The first kappa shape index (κ1) is 16.9. The van der Waals surface area contributed by atoms with E-state index in [0.29, 0.717) is 38.3 Å². The number of hydrogen-bond acceptors (Lipinski definition) is 4. The fraction of sp³-hybridized carbons (Fsp3) is 0.429. The molecule has 0 radical (unpaired) electrons. The highest BCUT2D eigenvalue weighted by Gasteiger charge is 2.04. The molecule has 0 aliphatic carbocycles. The van der Waals surface area contributed by atoms with E-state index in [0.717, 1.165) is 5.56 Å². The third-order valence-electron chi connectivity index (χ3n) is 2.67. The maximum absolute atomic E-state index is 11.8. The number of carbonyl (C=O) groups is 2.